The minimum atomic E-state index is -0.0247. The second-order valence-corrected chi connectivity index (χ2v) is 6.47. The van der Waals surface area contributed by atoms with Gasteiger partial charge in [-0.15, -0.1) is 0 Å². The fraction of sp³-hybridized carbons (Fsp3) is 0.800. The van der Waals surface area contributed by atoms with Gasteiger partial charge in [-0.1, -0.05) is 25.0 Å². The summed E-state index contributed by atoms with van der Waals surface area (Å²) >= 11 is 0. The van der Waals surface area contributed by atoms with Gasteiger partial charge in [0.05, 0.1) is 6.61 Å². The number of carbonyl (C=O) groups excluding carboxylic acids is 1. The molecule has 3 aliphatic carbocycles. The Hall–Kier alpha value is -0.830. The van der Waals surface area contributed by atoms with Crippen LogP contribution in [-0.2, 0) is 4.79 Å². The molecule has 18 heavy (non-hydrogen) atoms. The summed E-state index contributed by atoms with van der Waals surface area (Å²) in [6, 6.07) is 0. The predicted molar refractivity (Wildman–Crippen MR) is 69.8 cm³/mol. The molecule has 3 atom stereocenters. The number of aliphatic hydroxyl groups excluding tert-OH is 1. The Morgan fingerprint density at radius 2 is 2.06 bits per heavy atom. The van der Waals surface area contributed by atoms with E-state index in [0.29, 0.717) is 18.4 Å². The van der Waals surface area contributed by atoms with Crippen molar-refractivity contribution in [2.75, 3.05) is 13.2 Å². The molecule has 2 saturated carbocycles. The Kier molecular flexibility index (Phi) is 3.18. The highest BCUT2D eigenvalue weighted by Gasteiger charge is 2.41. The summed E-state index contributed by atoms with van der Waals surface area (Å²) in [5.41, 5.74) is -0.0247. The van der Waals surface area contributed by atoms with Crippen LogP contribution in [0.4, 0.5) is 0 Å². The van der Waals surface area contributed by atoms with Crippen LogP contribution in [0.2, 0.25) is 0 Å². The number of amides is 1. The quantitative estimate of drug-likeness (QED) is 0.747. The van der Waals surface area contributed by atoms with E-state index in [1.54, 1.807) is 0 Å². The molecule has 3 unspecified atom stereocenters. The lowest BCUT2D eigenvalue weighted by Crippen LogP contribution is -2.41. The first-order valence-electron chi connectivity index (χ1n) is 7.29. The maximum Gasteiger partial charge on any atom is 0.223 e. The first kappa shape index (κ1) is 12.2. The zero-order chi connectivity index (χ0) is 12.6. The third kappa shape index (κ3) is 2.09. The monoisotopic (exact) mass is 249 g/mol. The highest BCUT2D eigenvalue weighted by molar-refractivity contribution is 5.80. The van der Waals surface area contributed by atoms with Crippen molar-refractivity contribution >= 4 is 5.91 Å². The van der Waals surface area contributed by atoms with Gasteiger partial charge in [-0.2, -0.15) is 0 Å². The van der Waals surface area contributed by atoms with Crippen molar-refractivity contribution < 1.29 is 9.90 Å². The topological polar surface area (TPSA) is 49.3 Å². The molecule has 100 valence electrons. The molecule has 0 heterocycles. The van der Waals surface area contributed by atoms with Crippen LogP contribution in [0.15, 0.2) is 12.2 Å². The maximum absolute atomic E-state index is 12.2. The van der Waals surface area contributed by atoms with E-state index in [2.05, 4.69) is 17.5 Å². The predicted octanol–water partition coefficient (Wildman–Crippen LogP) is 1.87. The van der Waals surface area contributed by atoms with Crippen LogP contribution in [-0.4, -0.2) is 24.2 Å². The van der Waals surface area contributed by atoms with E-state index in [1.807, 2.05) is 0 Å². The number of fused-ring (bicyclic) bond motifs is 2. The van der Waals surface area contributed by atoms with Crippen LogP contribution >= 0.6 is 0 Å². The zero-order valence-corrected chi connectivity index (χ0v) is 10.9. The van der Waals surface area contributed by atoms with Gasteiger partial charge in [0.1, 0.15) is 0 Å². The Morgan fingerprint density at radius 3 is 2.61 bits per heavy atom. The van der Waals surface area contributed by atoms with Gasteiger partial charge in [-0.25, -0.2) is 0 Å². The van der Waals surface area contributed by atoms with Crippen LogP contribution in [0.5, 0.6) is 0 Å². The van der Waals surface area contributed by atoms with Crippen LogP contribution in [0.25, 0.3) is 0 Å². The third-order valence-corrected chi connectivity index (χ3v) is 5.25. The number of hydrogen-bond donors (Lipinski definition) is 2. The summed E-state index contributed by atoms with van der Waals surface area (Å²) in [5.74, 6) is 1.52. The molecule has 0 aliphatic heterocycles. The van der Waals surface area contributed by atoms with E-state index >= 15 is 0 Å². The highest BCUT2D eigenvalue weighted by Crippen LogP contribution is 2.43. The van der Waals surface area contributed by atoms with Crippen molar-refractivity contribution in [3.05, 3.63) is 12.2 Å². The fourth-order valence-corrected chi connectivity index (χ4v) is 4.00. The van der Waals surface area contributed by atoms with E-state index in [9.17, 15) is 9.90 Å². The average Bonchev–Trinajstić information content (AvgIpc) is 3.12. The van der Waals surface area contributed by atoms with Gasteiger partial charge in [0.2, 0.25) is 5.91 Å². The van der Waals surface area contributed by atoms with Crippen LogP contribution in [0.3, 0.4) is 0 Å². The fourth-order valence-electron chi connectivity index (χ4n) is 4.00. The van der Waals surface area contributed by atoms with Gasteiger partial charge in [0, 0.05) is 17.9 Å². The maximum atomic E-state index is 12.2. The first-order valence-corrected chi connectivity index (χ1v) is 7.29. The van der Waals surface area contributed by atoms with Crippen molar-refractivity contribution in [2.45, 2.75) is 38.5 Å². The molecule has 2 bridgehead atoms. The Balaban J connectivity index is 1.54. The van der Waals surface area contributed by atoms with Crippen molar-refractivity contribution in [3.8, 4) is 0 Å². The van der Waals surface area contributed by atoms with E-state index in [1.165, 1.54) is 19.3 Å². The van der Waals surface area contributed by atoms with Gasteiger partial charge in [-0.3, -0.25) is 4.79 Å². The van der Waals surface area contributed by atoms with Gasteiger partial charge in [-0.05, 0) is 37.5 Å². The standard InChI is InChI=1S/C15H23NO2/c17-10-15(5-1-2-6-15)9-16-14(18)13-8-11-3-4-12(13)7-11/h3-4,11-13,17H,1-2,5-10H2,(H,16,18). The van der Waals surface area contributed by atoms with Gasteiger partial charge in [0.15, 0.2) is 0 Å². The van der Waals surface area contributed by atoms with E-state index in [0.717, 1.165) is 19.3 Å². The minimum absolute atomic E-state index is 0.0247. The third-order valence-electron chi connectivity index (χ3n) is 5.25. The van der Waals surface area contributed by atoms with E-state index < -0.39 is 0 Å². The number of rotatable bonds is 4. The lowest BCUT2D eigenvalue weighted by atomic mass is 9.86. The number of allylic oxidation sites excluding steroid dienone is 2. The Morgan fingerprint density at radius 1 is 1.28 bits per heavy atom. The van der Waals surface area contributed by atoms with Crippen LogP contribution in [0, 0.1) is 23.2 Å². The normalized spacial score (nSPS) is 36.2. The zero-order valence-electron chi connectivity index (χ0n) is 10.9. The molecule has 1 amide bonds. The molecule has 2 fully saturated rings. The average molecular weight is 249 g/mol. The summed E-state index contributed by atoms with van der Waals surface area (Å²) < 4.78 is 0. The highest BCUT2D eigenvalue weighted by atomic mass is 16.3. The molecule has 0 aromatic carbocycles. The minimum Gasteiger partial charge on any atom is -0.396 e. The van der Waals surface area contributed by atoms with E-state index in [4.69, 9.17) is 0 Å². The van der Waals surface area contributed by atoms with Gasteiger partial charge < -0.3 is 10.4 Å². The Labute approximate surface area is 109 Å². The summed E-state index contributed by atoms with van der Waals surface area (Å²) in [6.45, 7) is 0.879. The molecule has 2 N–H and O–H groups in total. The lowest BCUT2D eigenvalue weighted by molar-refractivity contribution is -0.126. The van der Waals surface area contributed by atoms with Crippen molar-refractivity contribution in [1.29, 1.82) is 0 Å². The SMILES string of the molecule is O=C(NCC1(CO)CCCC1)C1CC2C=CC1C2. The summed E-state index contributed by atoms with van der Waals surface area (Å²) in [7, 11) is 0. The molecule has 3 nitrogen and oxygen atoms in total. The molecular formula is C15H23NO2. The number of aliphatic hydroxyl groups is 1. The van der Waals surface area contributed by atoms with Crippen LogP contribution in [0.1, 0.15) is 38.5 Å². The summed E-state index contributed by atoms with van der Waals surface area (Å²) in [6.07, 6.45) is 11.2. The second kappa shape index (κ2) is 4.69. The molecule has 3 aliphatic rings. The molecule has 0 radical (unpaired) electrons. The largest absolute Gasteiger partial charge is 0.396 e. The molecule has 3 rings (SSSR count). The van der Waals surface area contributed by atoms with Gasteiger partial charge in [0.25, 0.3) is 0 Å². The van der Waals surface area contributed by atoms with Gasteiger partial charge >= 0.3 is 0 Å². The van der Waals surface area contributed by atoms with Crippen LogP contribution < -0.4 is 5.32 Å². The molecule has 0 saturated heterocycles. The van der Waals surface area contributed by atoms with Crippen molar-refractivity contribution in [2.24, 2.45) is 23.2 Å². The Bertz CT molecular complexity index is 358. The molecule has 3 heteroatoms. The molecule has 0 spiro atoms. The summed E-state index contributed by atoms with van der Waals surface area (Å²) in [4.78, 5) is 12.2. The smallest absolute Gasteiger partial charge is 0.223 e. The number of nitrogens with one attached hydrogen (secondary N) is 1. The molecular weight excluding hydrogens is 226 g/mol. The molecule has 0 aromatic heterocycles. The van der Waals surface area contributed by atoms with Crippen molar-refractivity contribution in [1.82, 2.24) is 5.32 Å². The van der Waals surface area contributed by atoms with E-state index in [-0.39, 0.29) is 23.8 Å². The van der Waals surface area contributed by atoms with Crippen molar-refractivity contribution in [3.63, 3.8) is 0 Å². The number of hydrogen-bond acceptors (Lipinski definition) is 2. The second-order valence-electron chi connectivity index (χ2n) is 6.47. The first-order chi connectivity index (χ1) is 8.72. The molecule has 0 aromatic rings. The number of carbonyl (C=O) groups is 1. The lowest BCUT2D eigenvalue weighted by Gasteiger charge is -2.28. The summed E-state index contributed by atoms with van der Waals surface area (Å²) in [5, 5.41) is 12.6.